The number of hydrogen-bond acceptors (Lipinski definition) is 3. The first kappa shape index (κ1) is 32.8. The number of fused-ring (bicyclic) bond motifs is 9. The van der Waals surface area contributed by atoms with Crippen LogP contribution in [-0.4, -0.2) is 4.57 Å². The minimum absolute atomic E-state index is 0.867. The zero-order valence-electron chi connectivity index (χ0n) is 31.3. The van der Waals surface area contributed by atoms with Crippen LogP contribution in [0.2, 0.25) is 0 Å². The van der Waals surface area contributed by atoms with Gasteiger partial charge in [-0.15, -0.1) is 11.3 Å². The van der Waals surface area contributed by atoms with E-state index >= 15 is 0 Å². The van der Waals surface area contributed by atoms with Gasteiger partial charge in [-0.1, -0.05) is 140 Å². The average molecular weight is 759 g/mol. The summed E-state index contributed by atoms with van der Waals surface area (Å²) >= 11 is 1.87. The quantitative estimate of drug-likeness (QED) is 0.168. The molecule has 0 unspecified atom stereocenters. The highest BCUT2D eigenvalue weighted by molar-refractivity contribution is 7.26. The maximum atomic E-state index is 6.64. The molecule has 0 aliphatic rings. The van der Waals surface area contributed by atoms with E-state index in [0.717, 1.165) is 50.3 Å². The second kappa shape index (κ2) is 13.1. The number of anilines is 3. The fraction of sp³-hybridized carbons (Fsp3) is 0. The topological polar surface area (TPSA) is 21.3 Å². The Kier molecular flexibility index (Phi) is 7.40. The fourth-order valence-corrected chi connectivity index (χ4v) is 10.1. The third-order valence-electron chi connectivity index (χ3n) is 11.6. The number of benzene rings is 9. The molecule has 0 aliphatic heterocycles. The summed E-state index contributed by atoms with van der Waals surface area (Å²) in [5, 5.41) is 7.34. The Hall–Kier alpha value is -7.40. The standard InChI is InChI=1S/C54H34N2OS/c1-2-12-38(13-3-1)56-48-20-7-4-14-42(48)43-33-28-37(34-50(43)56)35-24-29-39(30-25-35)55(49-21-11-18-46-44-15-5-8-22-51(44)57-53(46)49)40-31-26-36(27-32-40)41-17-10-19-47-45-16-6-9-23-52(45)58-54(41)47/h1-34H. The molecule has 3 aromatic heterocycles. The van der Waals surface area contributed by atoms with E-state index in [0.29, 0.717) is 0 Å². The van der Waals surface area contributed by atoms with Gasteiger partial charge in [-0.25, -0.2) is 0 Å². The molecule has 0 saturated heterocycles. The Morgan fingerprint density at radius 2 is 1.03 bits per heavy atom. The molecule has 0 radical (unpaired) electrons. The largest absolute Gasteiger partial charge is 0.454 e. The normalized spacial score (nSPS) is 11.8. The maximum absolute atomic E-state index is 6.64. The van der Waals surface area contributed by atoms with E-state index in [1.807, 2.05) is 17.4 Å². The molecular weight excluding hydrogens is 725 g/mol. The molecule has 0 bridgehead atoms. The molecule has 0 N–H and O–H groups in total. The van der Waals surface area contributed by atoms with Crippen molar-refractivity contribution in [3.05, 3.63) is 206 Å². The van der Waals surface area contributed by atoms with Crippen LogP contribution in [0, 0.1) is 0 Å². The van der Waals surface area contributed by atoms with E-state index in [1.54, 1.807) is 0 Å². The van der Waals surface area contributed by atoms with E-state index in [9.17, 15) is 0 Å². The molecule has 0 amide bonds. The lowest BCUT2D eigenvalue weighted by molar-refractivity contribution is 0.669. The summed E-state index contributed by atoms with van der Waals surface area (Å²) in [6.07, 6.45) is 0. The lowest BCUT2D eigenvalue weighted by Gasteiger charge is -2.26. The van der Waals surface area contributed by atoms with E-state index < -0.39 is 0 Å². The van der Waals surface area contributed by atoms with Crippen LogP contribution in [0.15, 0.2) is 211 Å². The van der Waals surface area contributed by atoms with Crippen LogP contribution in [0.25, 0.3) is 91.9 Å². The average Bonchev–Trinajstić information content (AvgIpc) is 3.97. The summed E-state index contributed by atoms with van der Waals surface area (Å²) < 4.78 is 11.7. The molecule has 0 spiro atoms. The molecule has 272 valence electrons. The Morgan fingerprint density at radius 1 is 0.414 bits per heavy atom. The molecule has 3 nitrogen and oxygen atoms in total. The van der Waals surface area contributed by atoms with E-state index in [2.05, 4.69) is 210 Å². The third kappa shape index (κ3) is 5.12. The van der Waals surface area contributed by atoms with Gasteiger partial charge < -0.3 is 13.9 Å². The van der Waals surface area contributed by atoms with E-state index in [4.69, 9.17) is 4.42 Å². The molecule has 0 saturated carbocycles. The van der Waals surface area contributed by atoms with Gasteiger partial charge in [0.25, 0.3) is 0 Å². The van der Waals surface area contributed by atoms with Crippen molar-refractivity contribution in [2.75, 3.05) is 4.90 Å². The van der Waals surface area contributed by atoms with Crippen LogP contribution in [0.5, 0.6) is 0 Å². The predicted molar refractivity (Wildman–Crippen MR) is 247 cm³/mol. The number of para-hydroxylation sites is 4. The van der Waals surface area contributed by atoms with Gasteiger partial charge in [0.1, 0.15) is 5.58 Å². The first-order valence-corrected chi connectivity index (χ1v) is 20.5. The molecule has 9 aromatic carbocycles. The maximum Gasteiger partial charge on any atom is 0.159 e. The first-order valence-electron chi connectivity index (χ1n) is 19.7. The molecule has 0 aliphatic carbocycles. The van der Waals surface area contributed by atoms with Crippen molar-refractivity contribution in [3.8, 4) is 27.9 Å². The van der Waals surface area contributed by atoms with Gasteiger partial charge in [0, 0.05) is 58.8 Å². The first-order chi connectivity index (χ1) is 28.8. The number of rotatable bonds is 6. The minimum Gasteiger partial charge on any atom is -0.454 e. The van der Waals surface area contributed by atoms with Crippen molar-refractivity contribution in [2.45, 2.75) is 0 Å². The van der Waals surface area contributed by atoms with Crippen molar-refractivity contribution in [1.82, 2.24) is 4.57 Å². The highest BCUT2D eigenvalue weighted by Crippen LogP contribution is 2.45. The van der Waals surface area contributed by atoms with Gasteiger partial charge in [0.15, 0.2) is 5.58 Å². The van der Waals surface area contributed by atoms with Crippen LogP contribution < -0.4 is 4.90 Å². The van der Waals surface area contributed by atoms with Crippen molar-refractivity contribution in [3.63, 3.8) is 0 Å². The third-order valence-corrected chi connectivity index (χ3v) is 12.8. The number of hydrogen-bond donors (Lipinski definition) is 0. The van der Waals surface area contributed by atoms with Crippen molar-refractivity contribution >= 4 is 92.3 Å². The van der Waals surface area contributed by atoms with Crippen LogP contribution in [-0.2, 0) is 0 Å². The lowest BCUT2D eigenvalue weighted by atomic mass is 10.0. The number of thiophene rings is 1. The Balaban J connectivity index is 0.987. The summed E-state index contributed by atoms with van der Waals surface area (Å²) in [5.74, 6) is 0. The van der Waals surface area contributed by atoms with Crippen LogP contribution >= 0.6 is 11.3 Å². The molecule has 12 rings (SSSR count). The van der Waals surface area contributed by atoms with Crippen LogP contribution in [0.4, 0.5) is 17.1 Å². The SMILES string of the molecule is c1ccc(-n2c3ccccc3c3ccc(-c4ccc(N(c5ccc(-c6cccc7c6sc6ccccc67)cc5)c5cccc6c5oc5ccccc56)cc4)cc32)cc1. The predicted octanol–water partition coefficient (Wildman–Crippen LogP) is 15.9. The van der Waals surface area contributed by atoms with Crippen LogP contribution in [0.1, 0.15) is 0 Å². The zero-order chi connectivity index (χ0) is 38.2. The molecule has 3 heterocycles. The van der Waals surface area contributed by atoms with E-state index in [1.165, 1.54) is 58.7 Å². The van der Waals surface area contributed by atoms with Gasteiger partial charge >= 0.3 is 0 Å². The minimum atomic E-state index is 0.867. The summed E-state index contributed by atoms with van der Waals surface area (Å²) in [6, 6.07) is 74.3. The van der Waals surface area contributed by atoms with Crippen molar-refractivity contribution < 1.29 is 4.42 Å². The smallest absolute Gasteiger partial charge is 0.159 e. The highest BCUT2D eigenvalue weighted by Gasteiger charge is 2.20. The van der Waals surface area contributed by atoms with Gasteiger partial charge in [-0.2, -0.15) is 0 Å². The second-order valence-corrected chi connectivity index (χ2v) is 15.9. The molecule has 12 aromatic rings. The fourth-order valence-electron chi connectivity index (χ4n) is 8.91. The summed E-state index contributed by atoms with van der Waals surface area (Å²) in [5.41, 5.74) is 13.2. The molecule has 58 heavy (non-hydrogen) atoms. The lowest BCUT2D eigenvalue weighted by Crippen LogP contribution is -2.10. The molecular formula is C54H34N2OS. The van der Waals surface area contributed by atoms with Gasteiger partial charge in [-0.3, -0.25) is 0 Å². The second-order valence-electron chi connectivity index (χ2n) is 14.9. The Labute approximate surface area is 338 Å². The number of aromatic nitrogens is 1. The van der Waals surface area contributed by atoms with Crippen molar-refractivity contribution in [1.29, 1.82) is 0 Å². The number of furan rings is 1. The highest BCUT2D eigenvalue weighted by atomic mass is 32.1. The Bertz CT molecular complexity index is 3500. The summed E-state index contributed by atoms with van der Waals surface area (Å²) in [4.78, 5) is 2.33. The molecule has 0 fully saturated rings. The molecule has 4 heteroatoms. The zero-order valence-corrected chi connectivity index (χ0v) is 32.2. The summed E-state index contributed by atoms with van der Waals surface area (Å²) in [7, 11) is 0. The molecule has 0 atom stereocenters. The van der Waals surface area contributed by atoms with Crippen LogP contribution in [0.3, 0.4) is 0 Å². The summed E-state index contributed by atoms with van der Waals surface area (Å²) in [6.45, 7) is 0. The van der Waals surface area contributed by atoms with Gasteiger partial charge in [-0.05, 0) is 89.0 Å². The Morgan fingerprint density at radius 3 is 1.86 bits per heavy atom. The van der Waals surface area contributed by atoms with E-state index in [-0.39, 0.29) is 0 Å². The van der Waals surface area contributed by atoms with Gasteiger partial charge in [0.2, 0.25) is 0 Å². The van der Waals surface area contributed by atoms with Crippen molar-refractivity contribution in [2.24, 2.45) is 0 Å². The number of nitrogens with zero attached hydrogens (tertiary/aromatic N) is 2. The van der Waals surface area contributed by atoms with Gasteiger partial charge in [0.05, 0.1) is 16.7 Å². The monoisotopic (exact) mass is 758 g/mol.